The number of benzene rings is 2. The summed E-state index contributed by atoms with van der Waals surface area (Å²) in [6, 6.07) is 18.9. The molecule has 0 fully saturated rings. The third kappa shape index (κ3) is 14.6. The molecule has 0 aliphatic carbocycles. The second kappa shape index (κ2) is 18.9. The molecule has 0 bridgehead atoms. The van der Waals surface area contributed by atoms with Crippen molar-refractivity contribution in [1.29, 1.82) is 0 Å². The lowest BCUT2D eigenvalue weighted by atomic mass is 10.0. The molecule has 0 heterocycles. The number of quaternary nitrogens is 1. The largest absolute Gasteiger partial charge is 0.487 e. The van der Waals surface area contributed by atoms with Crippen molar-refractivity contribution < 1.29 is 18.8 Å². The van der Waals surface area contributed by atoms with Crippen LogP contribution in [0.25, 0.3) is 0 Å². The highest BCUT2D eigenvalue weighted by atomic mass is 16.6. The fourth-order valence-corrected chi connectivity index (χ4v) is 5.29. The number of hydrogen-bond acceptors (Lipinski definition) is 3. The Morgan fingerprint density at radius 1 is 0.795 bits per heavy atom. The highest BCUT2D eigenvalue weighted by Crippen LogP contribution is 2.19. The van der Waals surface area contributed by atoms with Crippen LogP contribution in [0.2, 0.25) is 0 Å². The first kappa shape index (κ1) is 32.9. The second-order valence-electron chi connectivity index (χ2n) is 12.0. The van der Waals surface area contributed by atoms with E-state index in [0.717, 1.165) is 36.2 Å². The Labute approximate surface area is 239 Å². The number of carbonyl (C=O) groups excluding carboxylic acids is 1. The van der Waals surface area contributed by atoms with Crippen LogP contribution in [0.5, 0.6) is 5.75 Å². The highest BCUT2D eigenvalue weighted by Gasteiger charge is 2.26. The summed E-state index contributed by atoms with van der Waals surface area (Å²) in [4.78, 5) is 12.8. The van der Waals surface area contributed by atoms with E-state index >= 15 is 0 Å². The molecule has 4 nitrogen and oxygen atoms in total. The van der Waals surface area contributed by atoms with Crippen LogP contribution in [0, 0.1) is 5.92 Å². The van der Waals surface area contributed by atoms with E-state index in [4.69, 9.17) is 9.47 Å². The molecule has 0 aliphatic rings. The fraction of sp³-hybridized carbons (Fsp3) is 0.629. The number of hydrogen-bond donors (Lipinski definition) is 0. The first-order valence-electron chi connectivity index (χ1n) is 15.6. The van der Waals surface area contributed by atoms with E-state index in [1.165, 1.54) is 75.3 Å². The molecule has 2 aromatic rings. The Balaban J connectivity index is 1.69. The van der Waals surface area contributed by atoms with Crippen LogP contribution in [0.15, 0.2) is 54.6 Å². The molecule has 2 aromatic carbocycles. The molecular weight excluding hydrogens is 482 g/mol. The van der Waals surface area contributed by atoms with Gasteiger partial charge in [-0.25, -0.2) is 0 Å². The zero-order valence-electron chi connectivity index (χ0n) is 25.6. The number of aryl methyl sites for hydroxylation is 1. The second-order valence-corrected chi connectivity index (χ2v) is 12.0. The Hall–Kier alpha value is -2.33. The number of rotatable bonds is 21. The zero-order valence-corrected chi connectivity index (χ0v) is 25.6. The number of unbranched alkanes of at least 4 members (excludes halogenated alkanes) is 9. The van der Waals surface area contributed by atoms with Crippen LogP contribution >= 0.6 is 0 Å². The average molecular weight is 539 g/mol. The third-order valence-electron chi connectivity index (χ3n) is 7.51. The van der Waals surface area contributed by atoms with Crippen molar-refractivity contribution in [1.82, 2.24) is 0 Å². The van der Waals surface area contributed by atoms with Gasteiger partial charge in [0.1, 0.15) is 30.9 Å². The topological polar surface area (TPSA) is 35.5 Å². The average Bonchev–Trinajstić information content (AvgIpc) is 2.92. The summed E-state index contributed by atoms with van der Waals surface area (Å²) in [5.74, 6) is 0.549. The molecule has 39 heavy (non-hydrogen) atoms. The molecule has 0 aromatic heterocycles. The SMILES string of the molecule is CCCCCCCCCCCCc1cccc(OC(CC)COC(=O)C(C)C[N+](C)(C)Cc2ccccc2)c1. The van der Waals surface area contributed by atoms with Crippen molar-refractivity contribution in [3.63, 3.8) is 0 Å². The summed E-state index contributed by atoms with van der Waals surface area (Å²) >= 11 is 0. The van der Waals surface area contributed by atoms with Gasteiger partial charge in [-0.2, -0.15) is 0 Å². The van der Waals surface area contributed by atoms with Gasteiger partial charge in [-0.05, 0) is 43.9 Å². The Morgan fingerprint density at radius 3 is 2.05 bits per heavy atom. The van der Waals surface area contributed by atoms with E-state index in [-0.39, 0.29) is 24.6 Å². The highest BCUT2D eigenvalue weighted by molar-refractivity contribution is 5.72. The van der Waals surface area contributed by atoms with Crippen LogP contribution in [-0.2, 0) is 22.5 Å². The molecule has 0 aliphatic heterocycles. The Kier molecular flexibility index (Phi) is 15.9. The number of nitrogens with zero attached hydrogens (tertiary/aromatic N) is 1. The predicted octanol–water partition coefficient (Wildman–Crippen LogP) is 8.76. The minimum absolute atomic E-state index is 0.138. The molecule has 2 atom stereocenters. The lowest BCUT2D eigenvalue weighted by Crippen LogP contribution is -2.44. The minimum atomic E-state index is -0.175. The van der Waals surface area contributed by atoms with E-state index in [1.807, 2.05) is 19.1 Å². The third-order valence-corrected chi connectivity index (χ3v) is 7.51. The van der Waals surface area contributed by atoms with E-state index in [0.29, 0.717) is 0 Å². The quantitative estimate of drug-likeness (QED) is 0.0905. The number of ether oxygens (including phenoxy) is 2. The Morgan fingerprint density at radius 2 is 1.41 bits per heavy atom. The minimum Gasteiger partial charge on any atom is -0.487 e. The van der Waals surface area contributed by atoms with Crippen LogP contribution < -0.4 is 4.74 Å². The van der Waals surface area contributed by atoms with Crippen molar-refractivity contribution in [2.75, 3.05) is 27.2 Å². The summed E-state index contributed by atoms with van der Waals surface area (Å²) in [7, 11) is 4.33. The van der Waals surface area contributed by atoms with Crippen LogP contribution in [0.3, 0.4) is 0 Å². The van der Waals surface area contributed by atoms with E-state index in [9.17, 15) is 4.79 Å². The first-order chi connectivity index (χ1) is 18.8. The molecule has 0 spiro atoms. The van der Waals surface area contributed by atoms with Gasteiger partial charge in [0.25, 0.3) is 0 Å². The summed E-state index contributed by atoms with van der Waals surface area (Å²) < 4.78 is 12.7. The van der Waals surface area contributed by atoms with Gasteiger partial charge in [-0.3, -0.25) is 4.79 Å². The summed E-state index contributed by atoms with van der Waals surface area (Å²) in [5, 5.41) is 0. The van der Waals surface area contributed by atoms with Gasteiger partial charge in [0.2, 0.25) is 0 Å². The molecule has 2 rings (SSSR count). The van der Waals surface area contributed by atoms with Gasteiger partial charge in [-0.1, -0.05) is 114 Å². The van der Waals surface area contributed by atoms with Crippen LogP contribution in [0.1, 0.15) is 103 Å². The molecule has 4 heteroatoms. The predicted molar refractivity (Wildman–Crippen MR) is 164 cm³/mol. The maximum absolute atomic E-state index is 12.8. The summed E-state index contributed by atoms with van der Waals surface area (Å²) in [6.07, 6.45) is 15.3. The molecule has 0 amide bonds. The van der Waals surface area contributed by atoms with Gasteiger partial charge in [0.05, 0.1) is 20.6 Å². The van der Waals surface area contributed by atoms with Crippen molar-refractivity contribution in [2.45, 2.75) is 110 Å². The lowest BCUT2D eigenvalue weighted by molar-refractivity contribution is -0.905. The van der Waals surface area contributed by atoms with E-state index in [2.05, 4.69) is 70.4 Å². The van der Waals surface area contributed by atoms with Gasteiger partial charge < -0.3 is 14.0 Å². The molecule has 0 radical (unpaired) electrons. The standard InChI is InChI=1S/C35H56NO3/c1-6-8-9-10-11-12-13-14-15-17-21-31-24-20-25-34(26-31)39-33(7-2)29-38-35(37)30(3)27-36(4,5)28-32-22-18-16-19-23-32/h16,18-20,22-26,30,33H,6-15,17,21,27-29H2,1-5H3/q+1. The number of esters is 1. The van der Waals surface area contributed by atoms with Crippen molar-refractivity contribution in [3.8, 4) is 5.75 Å². The van der Waals surface area contributed by atoms with Crippen molar-refractivity contribution in [2.24, 2.45) is 5.92 Å². The van der Waals surface area contributed by atoms with Crippen molar-refractivity contribution >= 4 is 5.97 Å². The zero-order chi connectivity index (χ0) is 28.3. The summed E-state index contributed by atoms with van der Waals surface area (Å²) in [5.41, 5.74) is 2.60. The monoisotopic (exact) mass is 538 g/mol. The molecule has 0 saturated carbocycles. The fourth-order valence-electron chi connectivity index (χ4n) is 5.29. The lowest BCUT2D eigenvalue weighted by Gasteiger charge is -2.32. The normalized spacial score (nSPS) is 13.2. The first-order valence-corrected chi connectivity index (χ1v) is 15.6. The van der Waals surface area contributed by atoms with E-state index in [1.54, 1.807) is 0 Å². The van der Waals surface area contributed by atoms with Crippen molar-refractivity contribution in [3.05, 3.63) is 65.7 Å². The maximum atomic E-state index is 12.8. The summed E-state index contributed by atoms with van der Waals surface area (Å²) in [6.45, 7) is 8.22. The molecular formula is C35H56NO3+. The van der Waals surface area contributed by atoms with Gasteiger partial charge in [0, 0.05) is 5.56 Å². The molecule has 0 saturated heterocycles. The Bertz CT molecular complexity index is 911. The number of carbonyl (C=O) groups is 1. The molecule has 218 valence electrons. The van der Waals surface area contributed by atoms with Gasteiger partial charge in [-0.15, -0.1) is 0 Å². The molecule has 0 N–H and O–H groups in total. The van der Waals surface area contributed by atoms with Gasteiger partial charge >= 0.3 is 5.97 Å². The van der Waals surface area contributed by atoms with Crippen LogP contribution in [-0.4, -0.2) is 43.8 Å². The smallest absolute Gasteiger partial charge is 0.314 e. The van der Waals surface area contributed by atoms with Gasteiger partial charge in [0.15, 0.2) is 0 Å². The maximum Gasteiger partial charge on any atom is 0.314 e. The van der Waals surface area contributed by atoms with E-state index < -0.39 is 0 Å². The molecule has 2 unspecified atom stereocenters. The van der Waals surface area contributed by atoms with Crippen LogP contribution in [0.4, 0.5) is 0 Å².